The van der Waals surface area contributed by atoms with E-state index in [4.69, 9.17) is 0 Å². The van der Waals surface area contributed by atoms with E-state index in [1.165, 1.54) is 6.07 Å². The minimum Gasteiger partial charge on any atom is -0.433 e. The number of alkyl halides is 2. The molecule has 92 valence electrons. The van der Waals surface area contributed by atoms with Crippen molar-refractivity contribution in [3.63, 3.8) is 0 Å². The van der Waals surface area contributed by atoms with Crippen LogP contribution in [-0.4, -0.2) is 24.1 Å². The Labute approximate surface area is 102 Å². The highest BCUT2D eigenvalue weighted by Crippen LogP contribution is 2.27. The number of benzene rings is 1. The van der Waals surface area contributed by atoms with Gasteiger partial charge in [-0.2, -0.15) is 8.78 Å². The summed E-state index contributed by atoms with van der Waals surface area (Å²) in [6.07, 6.45) is 1.05. The number of nitrogens with zero attached hydrogens (tertiary/aromatic N) is 1. The Morgan fingerprint density at radius 1 is 1.35 bits per heavy atom. The number of thioether (sulfide) groups is 1. The second-order valence-corrected chi connectivity index (χ2v) is 4.47. The second kappa shape index (κ2) is 5.86. The molecule has 1 aliphatic rings. The highest BCUT2D eigenvalue weighted by molar-refractivity contribution is 8.14. The Balaban J connectivity index is 2.11. The maximum absolute atomic E-state index is 12.2. The van der Waals surface area contributed by atoms with E-state index in [1.807, 2.05) is 0 Å². The molecule has 0 saturated carbocycles. The first-order valence-electron chi connectivity index (χ1n) is 5.24. The van der Waals surface area contributed by atoms with Gasteiger partial charge in [0.2, 0.25) is 0 Å². The van der Waals surface area contributed by atoms with Gasteiger partial charge in [0.1, 0.15) is 5.75 Å². The molecule has 0 aliphatic carbocycles. The molecule has 1 heterocycles. The number of halogens is 2. The van der Waals surface area contributed by atoms with Gasteiger partial charge in [-0.05, 0) is 18.6 Å². The van der Waals surface area contributed by atoms with Gasteiger partial charge in [0.25, 0.3) is 0 Å². The van der Waals surface area contributed by atoms with Crippen molar-refractivity contribution in [2.75, 3.05) is 17.6 Å². The SMILES string of the molecule is FC(F)Oc1ccccc1NC1=NCCCS1. The standard InChI is InChI=1S/C11H12F2N2OS/c12-10(13)16-9-5-2-1-4-8(9)15-11-14-6-3-7-17-11/h1-2,4-5,10H,3,6-7H2,(H,14,15). The van der Waals surface area contributed by atoms with Gasteiger partial charge in [0.15, 0.2) is 5.17 Å². The van der Waals surface area contributed by atoms with Gasteiger partial charge in [-0.3, -0.25) is 4.99 Å². The highest BCUT2D eigenvalue weighted by Gasteiger charge is 2.12. The van der Waals surface area contributed by atoms with Crippen LogP contribution in [0, 0.1) is 0 Å². The van der Waals surface area contributed by atoms with Crippen LogP contribution >= 0.6 is 11.8 Å². The van der Waals surface area contributed by atoms with Crippen LogP contribution in [0.2, 0.25) is 0 Å². The van der Waals surface area contributed by atoms with Gasteiger partial charge in [-0.15, -0.1) is 0 Å². The van der Waals surface area contributed by atoms with E-state index in [0.29, 0.717) is 5.69 Å². The minimum absolute atomic E-state index is 0.136. The molecule has 2 rings (SSSR count). The molecule has 3 nitrogen and oxygen atoms in total. The van der Waals surface area contributed by atoms with Crippen LogP contribution in [0.25, 0.3) is 0 Å². The van der Waals surface area contributed by atoms with Gasteiger partial charge in [0, 0.05) is 12.3 Å². The molecule has 6 heteroatoms. The molecule has 1 N–H and O–H groups in total. The molecule has 0 aromatic heterocycles. The van der Waals surface area contributed by atoms with E-state index in [9.17, 15) is 8.78 Å². The van der Waals surface area contributed by atoms with Gasteiger partial charge in [0.05, 0.1) is 5.69 Å². The molecule has 0 spiro atoms. The fourth-order valence-electron chi connectivity index (χ4n) is 1.42. The first-order chi connectivity index (χ1) is 8.25. The minimum atomic E-state index is -2.82. The van der Waals surface area contributed by atoms with Gasteiger partial charge < -0.3 is 10.1 Å². The van der Waals surface area contributed by atoms with Crippen LogP contribution in [-0.2, 0) is 0 Å². The first kappa shape index (κ1) is 12.2. The molecule has 0 fully saturated rings. The molecule has 0 unspecified atom stereocenters. The maximum Gasteiger partial charge on any atom is 0.387 e. The summed E-state index contributed by atoms with van der Waals surface area (Å²) in [5, 5.41) is 3.76. The van der Waals surface area contributed by atoms with E-state index in [0.717, 1.165) is 23.9 Å². The molecule has 0 radical (unpaired) electrons. The maximum atomic E-state index is 12.2. The fourth-order valence-corrected chi connectivity index (χ4v) is 2.25. The first-order valence-corrected chi connectivity index (χ1v) is 6.22. The zero-order valence-corrected chi connectivity index (χ0v) is 9.84. The number of hydrogen-bond donors (Lipinski definition) is 1. The van der Waals surface area contributed by atoms with Crippen LogP contribution < -0.4 is 10.1 Å². The molecule has 1 aromatic carbocycles. The van der Waals surface area contributed by atoms with E-state index < -0.39 is 6.61 Å². The predicted molar refractivity (Wildman–Crippen MR) is 66.1 cm³/mol. The molecular weight excluding hydrogens is 246 g/mol. The van der Waals surface area contributed by atoms with Crippen molar-refractivity contribution < 1.29 is 13.5 Å². The van der Waals surface area contributed by atoms with Gasteiger partial charge >= 0.3 is 6.61 Å². The fraction of sp³-hybridized carbons (Fsp3) is 0.364. The lowest BCUT2D eigenvalue weighted by Gasteiger charge is -2.15. The Kier molecular flexibility index (Phi) is 4.19. The summed E-state index contributed by atoms with van der Waals surface area (Å²) < 4.78 is 28.8. The Morgan fingerprint density at radius 2 is 2.18 bits per heavy atom. The van der Waals surface area contributed by atoms with E-state index in [1.54, 1.807) is 30.0 Å². The van der Waals surface area contributed by atoms with Crippen LogP contribution in [0.4, 0.5) is 14.5 Å². The summed E-state index contributed by atoms with van der Waals surface area (Å²) in [5.74, 6) is 1.13. The van der Waals surface area contributed by atoms with Crippen molar-refractivity contribution in [1.82, 2.24) is 0 Å². The number of aliphatic imine (C=N–C) groups is 1. The molecule has 0 bridgehead atoms. The number of rotatable bonds is 3. The molecular formula is C11H12F2N2OS. The Hall–Kier alpha value is -1.30. The Morgan fingerprint density at radius 3 is 2.88 bits per heavy atom. The van der Waals surface area contributed by atoms with E-state index in [-0.39, 0.29) is 5.75 Å². The number of ether oxygens (including phenoxy) is 1. The van der Waals surface area contributed by atoms with E-state index >= 15 is 0 Å². The molecule has 0 saturated heterocycles. The molecule has 1 aliphatic heterocycles. The third-order valence-electron chi connectivity index (χ3n) is 2.14. The summed E-state index contributed by atoms with van der Waals surface area (Å²) in [7, 11) is 0. The zero-order valence-electron chi connectivity index (χ0n) is 9.03. The second-order valence-electron chi connectivity index (χ2n) is 3.39. The summed E-state index contributed by atoms with van der Waals surface area (Å²) in [6, 6.07) is 6.60. The quantitative estimate of drug-likeness (QED) is 0.904. The molecule has 0 amide bonds. The smallest absolute Gasteiger partial charge is 0.387 e. The Bertz CT molecular complexity index is 412. The predicted octanol–water partition coefficient (Wildman–Crippen LogP) is 3.19. The third-order valence-corrected chi connectivity index (χ3v) is 3.14. The number of anilines is 1. The summed E-state index contributed by atoms with van der Waals surface area (Å²) >= 11 is 1.58. The molecule has 17 heavy (non-hydrogen) atoms. The van der Waals surface area contributed by atoms with Crippen molar-refractivity contribution >= 4 is 22.6 Å². The average molecular weight is 258 g/mol. The molecule has 0 atom stereocenters. The van der Waals surface area contributed by atoms with Gasteiger partial charge in [-0.1, -0.05) is 23.9 Å². The highest BCUT2D eigenvalue weighted by atomic mass is 32.2. The summed E-state index contributed by atoms with van der Waals surface area (Å²) in [6.45, 7) is -2.05. The third kappa shape index (κ3) is 3.59. The normalized spacial score (nSPS) is 15.6. The van der Waals surface area contributed by atoms with Crippen molar-refractivity contribution in [3.8, 4) is 5.75 Å². The summed E-state index contributed by atoms with van der Waals surface area (Å²) in [4.78, 5) is 4.27. The largest absolute Gasteiger partial charge is 0.433 e. The van der Waals surface area contributed by atoms with E-state index in [2.05, 4.69) is 15.0 Å². The monoisotopic (exact) mass is 258 g/mol. The topological polar surface area (TPSA) is 33.6 Å². The number of para-hydroxylation sites is 2. The number of amidine groups is 1. The summed E-state index contributed by atoms with van der Waals surface area (Å²) in [5.41, 5.74) is 0.515. The van der Waals surface area contributed by atoms with Crippen LogP contribution in [0.1, 0.15) is 6.42 Å². The van der Waals surface area contributed by atoms with Crippen molar-refractivity contribution in [2.24, 2.45) is 4.99 Å². The number of hydrogen-bond acceptors (Lipinski definition) is 4. The lowest BCUT2D eigenvalue weighted by Crippen LogP contribution is -2.14. The lowest BCUT2D eigenvalue weighted by atomic mass is 10.3. The van der Waals surface area contributed by atoms with Crippen molar-refractivity contribution in [2.45, 2.75) is 13.0 Å². The van der Waals surface area contributed by atoms with Gasteiger partial charge in [-0.25, -0.2) is 0 Å². The average Bonchev–Trinajstić information content (AvgIpc) is 2.32. The molecule has 1 aromatic rings. The van der Waals surface area contributed by atoms with Crippen molar-refractivity contribution in [1.29, 1.82) is 0 Å². The van der Waals surface area contributed by atoms with Crippen LogP contribution in [0.5, 0.6) is 5.75 Å². The lowest BCUT2D eigenvalue weighted by molar-refractivity contribution is -0.0493. The van der Waals surface area contributed by atoms with Crippen LogP contribution in [0.3, 0.4) is 0 Å². The van der Waals surface area contributed by atoms with Crippen LogP contribution in [0.15, 0.2) is 29.3 Å². The number of nitrogens with one attached hydrogen (secondary N) is 1. The van der Waals surface area contributed by atoms with Crippen molar-refractivity contribution in [3.05, 3.63) is 24.3 Å². The zero-order chi connectivity index (χ0) is 12.1.